The second-order valence-electron chi connectivity index (χ2n) is 14.4. The fraction of sp³-hybridized carbons (Fsp3) is 0.375. The van der Waals surface area contributed by atoms with E-state index < -0.39 is 0 Å². The van der Waals surface area contributed by atoms with E-state index in [1.165, 1.54) is 138 Å². The van der Waals surface area contributed by atoms with Gasteiger partial charge in [-0.25, -0.2) is 0 Å². The van der Waals surface area contributed by atoms with Crippen molar-refractivity contribution in [3.05, 3.63) is 154 Å². The molecule has 248 valence electrons. The van der Waals surface area contributed by atoms with Gasteiger partial charge in [-0.2, -0.15) is 0 Å². The summed E-state index contributed by atoms with van der Waals surface area (Å²) in [7, 11) is 0. The molecule has 0 aromatic heterocycles. The Morgan fingerprint density at radius 1 is 0.417 bits per heavy atom. The summed E-state index contributed by atoms with van der Waals surface area (Å²) < 4.78 is 0. The number of hydrogen-bond acceptors (Lipinski definition) is 0. The zero-order valence-electron chi connectivity index (χ0n) is 29.9. The molecule has 5 aromatic rings. The minimum absolute atomic E-state index is 0.371. The quantitative estimate of drug-likeness (QED) is 0.0878. The monoisotopic (exact) mass is 632 g/mol. The Bertz CT molecular complexity index is 1660. The maximum absolute atomic E-state index is 2.49. The van der Waals surface area contributed by atoms with Crippen LogP contribution < -0.4 is 0 Å². The Labute approximate surface area is 291 Å². The zero-order valence-corrected chi connectivity index (χ0v) is 29.9. The topological polar surface area (TPSA) is 0 Å². The van der Waals surface area contributed by atoms with Crippen molar-refractivity contribution < 1.29 is 0 Å². The standard InChI is InChI=1S/C48H56/c1-4-6-8-10-12-14-18-38-24-31-42(32-25-38)48(43-33-26-39(27-34-43)19-15-13-11-9-7-5-2)46-21-17-16-20-44(46)45-35-30-41(36-47(45)48)40-28-22-37(3)23-29-40/h16-17,20-36H,4-15,18-19H2,1-3H3. The first-order valence-electron chi connectivity index (χ1n) is 19.2. The molecule has 0 radical (unpaired) electrons. The number of benzene rings is 5. The second-order valence-corrected chi connectivity index (χ2v) is 14.4. The molecule has 1 aliphatic rings. The minimum atomic E-state index is -0.371. The molecular formula is C48H56. The molecule has 0 fully saturated rings. The van der Waals surface area contributed by atoms with Crippen LogP contribution in [-0.4, -0.2) is 0 Å². The van der Waals surface area contributed by atoms with Crippen LogP contribution in [0.4, 0.5) is 0 Å². The summed E-state index contributed by atoms with van der Waals surface area (Å²) in [6.45, 7) is 6.76. The van der Waals surface area contributed by atoms with Crippen molar-refractivity contribution in [1.82, 2.24) is 0 Å². The SMILES string of the molecule is CCCCCCCCc1ccc(C2(c3ccc(CCCCCCCC)cc3)c3ccccc3-c3ccc(-c4ccc(C)cc4)cc32)cc1. The lowest BCUT2D eigenvalue weighted by Gasteiger charge is -2.34. The van der Waals surface area contributed by atoms with Gasteiger partial charge in [0.2, 0.25) is 0 Å². The van der Waals surface area contributed by atoms with Gasteiger partial charge in [0.15, 0.2) is 0 Å². The number of hydrogen-bond donors (Lipinski definition) is 0. The van der Waals surface area contributed by atoms with E-state index in [9.17, 15) is 0 Å². The zero-order chi connectivity index (χ0) is 33.2. The van der Waals surface area contributed by atoms with E-state index in [1.807, 2.05) is 0 Å². The van der Waals surface area contributed by atoms with Gasteiger partial charge in [0, 0.05) is 0 Å². The first kappa shape index (κ1) is 34.0. The molecule has 0 heterocycles. The van der Waals surface area contributed by atoms with Crippen LogP contribution in [0.1, 0.15) is 130 Å². The summed E-state index contributed by atoms with van der Waals surface area (Å²) in [6, 6.07) is 44.8. The molecular weight excluding hydrogens is 577 g/mol. The molecule has 0 unspecified atom stereocenters. The molecule has 0 atom stereocenters. The highest BCUT2D eigenvalue weighted by atomic mass is 14.5. The second kappa shape index (κ2) is 16.5. The average Bonchev–Trinajstić information content (AvgIpc) is 3.42. The smallest absolute Gasteiger partial charge is 0.0654 e. The molecule has 0 amide bonds. The number of fused-ring (bicyclic) bond motifs is 3. The summed E-state index contributed by atoms with van der Waals surface area (Å²) in [4.78, 5) is 0. The van der Waals surface area contributed by atoms with Crippen LogP contribution >= 0.6 is 0 Å². The predicted molar refractivity (Wildman–Crippen MR) is 208 cm³/mol. The lowest BCUT2D eigenvalue weighted by atomic mass is 9.67. The number of rotatable bonds is 17. The molecule has 0 heteroatoms. The molecule has 0 spiro atoms. The van der Waals surface area contributed by atoms with Gasteiger partial charge in [-0.05, 0) is 94.3 Å². The van der Waals surface area contributed by atoms with Crippen molar-refractivity contribution in [1.29, 1.82) is 0 Å². The van der Waals surface area contributed by atoms with Gasteiger partial charge in [0.1, 0.15) is 0 Å². The molecule has 48 heavy (non-hydrogen) atoms. The van der Waals surface area contributed by atoms with E-state index in [4.69, 9.17) is 0 Å². The number of unbranched alkanes of at least 4 members (excludes halogenated alkanes) is 10. The van der Waals surface area contributed by atoms with E-state index in [2.05, 4.69) is 136 Å². The summed E-state index contributed by atoms with van der Waals surface area (Å²) in [5.41, 5.74) is 14.6. The van der Waals surface area contributed by atoms with E-state index in [-0.39, 0.29) is 5.41 Å². The predicted octanol–water partition coefficient (Wildman–Crippen LogP) is 13.8. The summed E-state index contributed by atoms with van der Waals surface area (Å²) in [5.74, 6) is 0. The van der Waals surface area contributed by atoms with Crippen LogP contribution in [0, 0.1) is 6.92 Å². The summed E-state index contributed by atoms with van der Waals surface area (Å²) in [6.07, 6.45) is 18.4. The van der Waals surface area contributed by atoms with Crippen molar-refractivity contribution >= 4 is 0 Å². The van der Waals surface area contributed by atoms with E-state index in [0.717, 1.165) is 12.8 Å². The van der Waals surface area contributed by atoms with Gasteiger partial charge in [0.25, 0.3) is 0 Å². The average molecular weight is 633 g/mol. The van der Waals surface area contributed by atoms with Gasteiger partial charge in [-0.1, -0.05) is 193 Å². The molecule has 6 rings (SSSR count). The Morgan fingerprint density at radius 3 is 1.46 bits per heavy atom. The first-order chi connectivity index (χ1) is 23.6. The van der Waals surface area contributed by atoms with Gasteiger partial charge in [-0.3, -0.25) is 0 Å². The van der Waals surface area contributed by atoms with E-state index >= 15 is 0 Å². The van der Waals surface area contributed by atoms with Crippen molar-refractivity contribution in [3.8, 4) is 22.3 Å². The van der Waals surface area contributed by atoms with Gasteiger partial charge >= 0.3 is 0 Å². The largest absolute Gasteiger partial charge is 0.0713 e. The highest BCUT2D eigenvalue weighted by Gasteiger charge is 2.46. The third kappa shape index (κ3) is 7.39. The highest BCUT2D eigenvalue weighted by molar-refractivity contribution is 5.88. The summed E-state index contributed by atoms with van der Waals surface area (Å²) >= 11 is 0. The number of aryl methyl sites for hydroxylation is 3. The third-order valence-corrected chi connectivity index (χ3v) is 10.8. The first-order valence-corrected chi connectivity index (χ1v) is 19.2. The van der Waals surface area contributed by atoms with Crippen molar-refractivity contribution in [2.45, 2.75) is 116 Å². The third-order valence-electron chi connectivity index (χ3n) is 10.8. The maximum Gasteiger partial charge on any atom is 0.0713 e. The molecule has 0 N–H and O–H groups in total. The Kier molecular flexibility index (Phi) is 11.7. The van der Waals surface area contributed by atoms with Crippen LogP contribution in [0.25, 0.3) is 22.3 Å². The van der Waals surface area contributed by atoms with Gasteiger partial charge in [0.05, 0.1) is 5.41 Å². The van der Waals surface area contributed by atoms with Crippen LogP contribution in [0.15, 0.2) is 115 Å². The highest BCUT2D eigenvalue weighted by Crippen LogP contribution is 2.56. The molecule has 0 nitrogen and oxygen atoms in total. The lowest BCUT2D eigenvalue weighted by Crippen LogP contribution is -2.28. The fourth-order valence-corrected chi connectivity index (χ4v) is 8.06. The van der Waals surface area contributed by atoms with E-state index in [1.54, 1.807) is 0 Å². The fourth-order valence-electron chi connectivity index (χ4n) is 8.06. The Hall–Kier alpha value is -3.90. The Balaban J connectivity index is 1.39. The van der Waals surface area contributed by atoms with Crippen LogP contribution in [0.2, 0.25) is 0 Å². The Morgan fingerprint density at radius 2 is 0.896 bits per heavy atom. The molecule has 1 aliphatic carbocycles. The molecule has 5 aromatic carbocycles. The lowest BCUT2D eigenvalue weighted by molar-refractivity contribution is 0.607. The van der Waals surface area contributed by atoms with Crippen LogP contribution in [0.3, 0.4) is 0 Å². The van der Waals surface area contributed by atoms with Crippen LogP contribution in [0.5, 0.6) is 0 Å². The summed E-state index contributed by atoms with van der Waals surface area (Å²) in [5, 5.41) is 0. The molecule has 0 saturated heterocycles. The van der Waals surface area contributed by atoms with Gasteiger partial charge in [-0.15, -0.1) is 0 Å². The molecule has 0 bridgehead atoms. The molecule has 0 aliphatic heterocycles. The van der Waals surface area contributed by atoms with E-state index in [0.29, 0.717) is 0 Å². The minimum Gasteiger partial charge on any atom is -0.0654 e. The van der Waals surface area contributed by atoms with Crippen molar-refractivity contribution in [3.63, 3.8) is 0 Å². The maximum atomic E-state index is 2.49. The van der Waals surface area contributed by atoms with Crippen molar-refractivity contribution in [2.75, 3.05) is 0 Å². The van der Waals surface area contributed by atoms with Gasteiger partial charge < -0.3 is 0 Å². The van der Waals surface area contributed by atoms with Crippen molar-refractivity contribution in [2.24, 2.45) is 0 Å². The molecule has 0 saturated carbocycles. The van der Waals surface area contributed by atoms with Crippen LogP contribution in [-0.2, 0) is 18.3 Å². The normalized spacial score (nSPS) is 13.0.